The number of nitrogen functional groups attached to an aromatic ring is 2. The zero-order chi connectivity index (χ0) is 17.7. The third kappa shape index (κ3) is 2.34. The molecule has 0 aliphatic heterocycles. The lowest BCUT2D eigenvalue weighted by atomic mass is 10.2. The highest BCUT2D eigenvalue weighted by Crippen LogP contribution is 2.28. The minimum atomic E-state index is 0.433. The maximum atomic E-state index is 5.78. The summed E-state index contributed by atoms with van der Waals surface area (Å²) in [5.41, 5.74) is 16.9. The van der Waals surface area contributed by atoms with Crippen LogP contribution in [-0.4, -0.2) is 15.0 Å². The number of nitrogens with two attached hydrogens (primary N) is 2. The Hall–Kier alpha value is -3.87. The van der Waals surface area contributed by atoms with Crippen LogP contribution in [0.3, 0.4) is 0 Å². The third-order valence-electron chi connectivity index (χ3n) is 4.05. The van der Waals surface area contributed by atoms with Crippen LogP contribution in [0.5, 0.6) is 0 Å². The highest BCUT2D eigenvalue weighted by Gasteiger charge is 2.12. The first-order chi connectivity index (χ1) is 12.7. The molecule has 3 heterocycles. The molecule has 0 unspecified atom stereocenters. The summed E-state index contributed by atoms with van der Waals surface area (Å²) in [6, 6.07) is 14.3. The minimum Gasteiger partial charge on any atom is -0.436 e. The number of oxazole rings is 2. The normalized spacial score (nSPS) is 11.4. The van der Waals surface area contributed by atoms with Crippen molar-refractivity contribution < 1.29 is 8.83 Å². The number of hydrogen-bond acceptors (Lipinski definition) is 7. The Bertz CT molecular complexity index is 1160. The van der Waals surface area contributed by atoms with Gasteiger partial charge in [0.15, 0.2) is 11.2 Å². The van der Waals surface area contributed by atoms with Crippen molar-refractivity contribution in [3.8, 4) is 23.0 Å². The molecule has 0 saturated heterocycles. The fraction of sp³-hybridized carbons (Fsp3) is 0. The molecule has 26 heavy (non-hydrogen) atoms. The molecular formula is C19H13N5O2. The number of hydrogen-bond donors (Lipinski definition) is 2. The standard InChI is InChI=1S/C19H13N5O2/c20-11-2-5-16-14(7-11)23-18(25-16)10-1-4-13(22-9-10)19-24-15-8-12(21)3-6-17(15)26-19/h1-9H,20-21H2. The topological polar surface area (TPSA) is 117 Å². The maximum Gasteiger partial charge on any atom is 0.246 e. The van der Waals surface area contributed by atoms with Gasteiger partial charge in [0, 0.05) is 17.6 Å². The van der Waals surface area contributed by atoms with E-state index in [4.69, 9.17) is 20.3 Å². The SMILES string of the molecule is Nc1ccc2oc(-c3ccc(-c4nc5cc(N)ccc5o4)nc3)nc2c1. The van der Waals surface area contributed by atoms with Crippen LogP contribution in [0, 0.1) is 0 Å². The zero-order valence-electron chi connectivity index (χ0n) is 13.5. The van der Waals surface area contributed by atoms with Crippen molar-refractivity contribution in [1.82, 2.24) is 15.0 Å². The highest BCUT2D eigenvalue weighted by atomic mass is 16.4. The molecule has 0 aliphatic carbocycles. The van der Waals surface area contributed by atoms with Gasteiger partial charge in [-0.2, -0.15) is 0 Å². The second-order valence-electron chi connectivity index (χ2n) is 5.92. The summed E-state index contributed by atoms with van der Waals surface area (Å²) < 4.78 is 11.5. The van der Waals surface area contributed by atoms with E-state index in [-0.39, 0.29) is 0 Å². The van der Waals surface area contributed by atoms with E-state index in [0.717, 1.165) is 5.56 Å². The number of aromatic nitrogens is 3. The number of rotatable bonds is 2. The monoisotopic (exact) mass is 343 g/mol. The van der Waals surface area contributed by atoms with Crippen LogP contribution < -0.4 is 11.5 Å². The van der Waals surface area contributed by atoms with Crippen LogP contribution >= 0.6 is 0 Å². The first-order valence-electron chi connectivity index (χ1n) is 7.95. The summed E-state index contributed by atoms with van der Waals surface area (Å²) in [5, 5.41) is 0. The Labute approximate surface area is 147 Å². The van der Waals surface area contributed by atoms with Gasteiger partial charge in [-0.05, 0) is 48.5 Å². The zero-order valence-corrected chi connectivity index (χ0v) is 13.5. The summed E-state index contributed by atoms with van der Waals surface area (Å²) in [6.07, 6.45) is 1.67. The molecule has 0 fully saturated rings. The Morgan fingerprint density at radius 2 is 1.31 bits per heavy atom. The van der Waals surface area contributed by atoms with Crippen molar-refractivity contribution in [2.75, 3.05) is 11.5 Å². The quantitative estimate of drug-likeness (QED) is 0.467. The van der Waals surface area contributed by atoms with Crippen LogP contribution in [0.1, 0.15) is 0 Å². The molecule has 4 N–H and O–H groups in total. The van der Waals surface area contributed by atoms with Crippen LogP contribution in [0.25, 0.3) is 45.2 Å². The van der Waals surface area contributed by atoms with E-state index in [1.54, 1.807) is 42.6 Å². The predicted octanol–water partition coefficient (Wildman–Crippen LogP) is 3.86. The smallest absolute Gasteiger partial charge is 0.246 e. The highest BCUT2D eigenvalue weighted by molar-refractivity contribution is 5.80. The molecule has 5 rings (SSSR count). The summed E-state index contributed by atoms with van der Waals surface area (Å²) in [6.45, 7) is 0. The number of fused-ring (bicyclic) bond motifs is 2. The minimum absolute atomic E-state index is 0.433. The summed E-state index contributed by atoms with van der Waals surface area (Å²) in [7, 11) is 0. The van der Waals surface area contributed by atoms with Crippen LogP contribution in [0.2, 0.25) is 0 Å². The van der Waals surface area contributed by atoms with Gasteiger partial charge < -0.3 is 20.3 Å². The Morgan fingerprint density at radius 3 is 1.92 bits per heavy atom. The Balaban J connectivity index is 1.52. The maximum absolute atomic E-state index is 5.78. The van der Waals surface area contributed by atoms with E-state index in [0.29, 0.717) is 51.0 Å². The first kappa shape index (κ1) is 14.5. The van der Waals surface area contributed by atoms with E-state index in [1.807, 2.05) is 12.1 Å². The average molecular weight is 343 g/mol. The summed E-state index contributed by atoms with van der Waals surface area (Å²) in [5.74, 6) is 0.914. The lowest BCUT2D eigenvalue weighted by molar-refractivity contribution is 0.614. The number of anilines is 2. The Morgan fingerprint density at radius 1 is 0.692 bits per heavy atom. The molecule has 7 nitrogen and oxygen atoms in total. The van der Waals surface area contributed by atoms with Crippen LogP contribution in [0.15, 0.2) is 63.6 Å². The van der Waals surface area contributed by atoms with Gasteiger partial charge in [-0.15, -0.1) is 0 Å². The van der Waals surface area contributed by atoms with Crippen molar-refractivity contribution in [1.29, 1.82) is 0 Å². The molecule has 0 saturated carbocycles. The van der Waals surface area contributed by atoms with Crippen molar-refractivity contribution in [3.05, 3.63) is 54.7 Å². The fourth-order valence-corrected chi connectivity index (χ4v) is 2.77. The van der Waals surface area contributed by atoms with Crippen LogP contribution in [-0.2, 0) is 0 Å². The summed E-state index contributed by atoms with van der Waals surface area (Å²) >= 11 is 0. The van der Waals surface area contributed by atoms with Gasteiger partial charge in [0.25, 0.3) is 0 Å². The molecule has 126 valence electrons. The molecule has 5 aromatic rings. The fourth-order valence-electron chi connectivity index (χ4n) is 2.77. The lowest BCUT2D eigenvalue weighted by Gasteiger charge is -1.97. The number of nitrogens with zero attached hydrogens (tertiary/aromatic N) is 3. The van der Waals surface area contributed by atoms with Crippen molar-refractivity contribution in [2.24, 2.45) is 0 Å². The van der Waals surface area contributed by atoms with Gasteiger partial charge in [-0.25, -0.2) is 9.97 Å². The van der Waals surface area contributed by atoms with E-state index in [9.17, 15) is 0 Å². The van der Waals surface area contributed by atoms with Crippen molar-refractivity contribution in [3.63, 3.8) is 0 Å². The number of pyridine rings is 1. The van der Waals surface area contributed by atoms with Gasteiger partial charge in [-0.1, -0.05) is 0 Å². The Kier molecular flexibility index (Phi) is 2.96. The second kappa shape index (κ2) is 5.32. The van der Waals surface area contributed by atoms with Gasteiger partial charge in [0.05, 0.1) is 5.56 Å². The lowest BCUT2D eigenvalue weighted by Crippen LogP contribution is -1.85. The number of benzene rings is 2. The molecule has 0 spiro atoms. The van der Waals surface area contributed by atoms with E-state index in [1.165, 1.54) is 0 Å². The van der Waals surface area contributed by atoms with Gasteiger partial charge in [-0.3, -0.25) is 4.98 Å². The average Bonchev–Trinajstić information content (AvgIpc) is 3.25. The molecule has 0 bridgehead atoms. The van der Waals surface area contributed by atoms with Crippen LogP contribution in [0.4, 0.5) is 11.4 Å². The second-order valence-corrected chi connectivity index (χ2v) is 5.92. The molecule has 7 heteroatoms. The summed E-state index contributed by atoms with van der Waals surface area (Å²) in [4.78, 5) is 13.3. The van der Waals surface area contributed by atoms with Crippen molar-refractivity contribution in [2.45, 2.75) is 0 Å². The largest absolute Gasteiger partial charge is 0.436 e. The molecule has 0 atom stereocenters. The van der Waals surface area contributed by atoms with E-state index < -0.39 is 0 Å². The molecule has 0 amide bonds. The van der Waals surface area contributed by atoms with Gasteiger partial charge in [0.2, 0.25) is 11.8 Å². The van der Waals surface area contributed by atoms with Gasteiger partial charge in [0.1, 0.15) is 16.7 Å². The van der Waals surface area contributed by atoms with Crippen molar-refractivity contribution >= 4 is 33.6 Å². The third-order valence-corrected chi connectivity index (χ3v) is 4.05. The van der Waals surface area contributed by atoms with Gasteiger partial charge >= 0.3 is 0 Å². The molecule has 0 radical (unpaired) electrons. The first-order valence-corrected chi connectivity index (χ1v) is 7.95. The predicted molar refractivity (Wildman–Crippen MR) is 99.1 cm³/mol. The molecular weight excluding hydrogens is 330 g/mol. The molecule has 2 aromatic carbocycles. The molecule has 3 aromatic heterocycles. The van der Waals surface area contributed by atoms with E-state index >= 15 is 0 Å². The molecule has 0 aliphatic rings. The van der Waals surface area contributed by atoms with E-state index in [2.05, 4.69) is 15.0 Å².